The number of nitrogens with two attached hydrogens (primary N) is 2. The maximum Gasteiger partial charge on any atom is 0.490 e. The zero-order valence-corrected chi connectivity index (χ0v) is 18.7. The van der Waals surface area contributed by atoms with Gasteiger partial charge in [-0.15, -0.1) is 0 Å². The van der Waals surface area contributed by atoms with Crippen LogP contribution in [0.4, 0.5) is 32.0 Å². The Labute approximate surface area is 205 Å². The molecule has 0 spiro atoms. The fourth-order valence-electron chi connectivity index (χ4n) is 1.95. The summed E-state index contributed by atoms with van der Waals surface area (Å²) in [5.74, 6) is -4.99. The molecule has 10 nitrogen and oxygen atoms in total. The predicted molar refractivity (Wildman–Crippen MR) is 118 cm³/mol. The molecule has 0 aliphatic carbocycles. The van der Waals surface area contributed by atoms with Crippen LogP contribution in [0.25, 0.3) is 0 Å². The van der Waals surface area contributed by atoms with Crippen molar-refractivity contribution in [2.24, 2.45) is 5.73 Å². The van der Waals surface area contributed by atoms with E-state index in [1.807, 2.05) is 0 Å². The molecule has 0 saturated heterocycles. The number of aliphatic carboxylic acids is 2. The lowest BCUT2D eigenvalue weighted by molar-refractivity contribution is -0.193. The number of alkyl halides is 6. The second-order valence-corrected chi connectivity index (χ2v) is 6.63. The van der Waals surface area contributed by atoms with Gasteiger partial charge in [-0.1, -0.05) is 12.1 Å². The average molecular weight is 540 g/mol. The van der Waals surface area contributed by atoms with E-state index in [9.17, 15) is 31.1 Å². The second-order valence-electron chi connectivity index (χ2n) is 6.63. The molecule has 16 heteroatoms. The zero-order valence-electron chi connectivity index (χ0n) is 18.7. The molecule has 0 fully saturated rings. The van der Waals surface area contributed by atoms with Crippen molar-refractivity contribution in [3.8, 4) is 5.75 Å². The molecular weight excluding hydrogens is 518 g/mol. The summed E-state index contributed by atoms with van der Waals surface area (Å²) in [6.07, 6.45) is -9.50. The van der Waals surface area contributed by atoms with E-state index < -0.39 is 24.3 Å². The predicted octanol–water partition coefficient (Wildman–Crippen LogP) is 3.02. The molecule has 0 saturated carbocycles. The lowest BCUT2D eigenvalue weighted by Gasteiger charge is -2.08. The Morgan fingerprint density at radius 2 is 1.38 bits per heavy atom. The van der Waals surface area contributed by atoms with Gasteiger partial charge in [0.1, 0.15) is 11.6 Å². The van der Waals surface area contributed by atoms with Crippen LogP contribution in [0.2, 0.25) is 0 Å². The van der Waals surface area contributed by atoms with E-state index in [0.717, 1.165) is 0 Å². The molecule has 2 aromatic rings. The number of ether oxygens (including phenoxy) is 1. The zero-order chi connectivity index (χ0) is 28.8. The Kier molecular flexibility index (Phi) is 13.0. The number of hydrogen-bond acceptors (Lipinski definition) is 6. The minimum Gasteiger partial charge on any atom is -0.494 e. The van der Waals surface area contributed by atoms with Crippen LogP contribution in [0, 0.1) is 5.41 Å². The molecule has 37 heavy (non-hydrogen) atoms. The molecule has 2 aromatic carbocycles. The van der Waals surface area contributed by atoms with Gasteiger partial charge in [0.15, 0.2) is 0 Å². The molecule has 0 aromatic heterocycles. The number of benzene rings is 2. The van der Waals surface area contributed by atoms with Gasteiger partial charge < -0.3 is 31.7 Å². The minimum absolute atomic E-state index is 0.00575. The fourth-order valence-corrected chi connectivity index (χ4v) is 1.95. The highest BCUT2D eigenvalue weighted by molar-refractivity contribution is 5.95. The summed E-state index contributed by atoms with van der Waals surface area (Å²) in [7, 11) is 0. The molecule has 8 N–H and O–H groups in total. The van der Waals surface area contributed by atoms with E-state index in [0.29, 0.717) is 42.1 Å². The Bertz CT molecular complexity index is 1030. The Balaban J connectivity index is 0.000000761. The van der Waals surface area contributed by atoms with Crippen molar-refractivity contribution in [3.63, 3.8) is 0 Å². The molecule has 0 unspecified atom stereocenters. The third kappa shape index (κ3) is 14.5. The van der Waals surface area contributed by atoms with Gasteiger partial charge in [0.25, 0.3) is 5.91 Å². The van der Waals surface area contributed by atoms with E-state index >= 15 is 0 Å². The number of nitrogens with one attached hydrogen (secondary N) is 2. The maximum absolute atomic E-state index is 11.9. The highest BCUT2D eigenvalue weighted by Gasteiger charge is 2.38. The lowest BCUT2D eigenvalue weighted by Crippen LogP contribution is -2.25. The summed E-state index contributed by atoms with van der Waals surface area (Å²) in [6, 6.07) is 13.8. The molecule has 0 aliphatic heterocycles. The van der Waals surface area contributed by atoms with E-state index in [-0.39, 0.29) is 11.7 Å². The molecule has 0 atom stereocenters. The smallest absolute Gasteiger partial charge is 0.490 e. The van der Waals surface area contributed by atoms with Crippen LogP contribution in [0.15, 0.2) is 48.5 Å². The van der Waals surface area contributed by atoms with Gasteiger partial charge in [0, 0.05) is 23.4 Å². The Hall–Kier alpha value is -4.50. The van der Waals surface area contributed by atoms with Crippen molar-refractivity contribution in [2.45, 2.75) is 18.8 Å². The van der Waals surface area contributed by atoms with E-state index in [1.54, 1.807) is 48.5 Å². The van der Waals surface area contributed by atoms with E-state index in [4.69, 9.17) is 41.4 Å². The summed E-state index contributed by atoms with van der Waals surface area (Å²) in [5, 5.41) is 24.5. The first-order valence-corrected chi connectivity index (χ1v) is 9.76. The molecular formula is C21H22F6N4O6. The van der Waals surface area contributed by atoms with Crippen LogP contribution in [-0.4, -0.2) is 59.4 Å². The third-order valence-corrected chi connectivity index (χ3v) is 3.68. The fraction of sp³-hybridized carbons (Fsp3) is 0.238. The standard InChI is InChI=1S/C17H20N4O2.2C2HF3O2/c18-14-7-5-12(6-8-14)17(22)21-9-2-10-23-15-4-1-3-13(11-15)16(19)20;2*3-2(4,5)1(6)7/h1,3-8,11H,2,9-10,18H2,(H3,19,20)(H,21,22);2*(H,6,7). The number of halogens is 6. The molecule has 204 valence electrons. The van der Waals surface area contributed by atoms with Crippen molar-refractivity contribution < 1.29 is 55.7 Å². The van der Waals surface area contributed by atoms with Crippen molar-refractivity contribution in [1.29, 1.82) is 5.41 Å². The van der Waals surface area contributed by atoms with Crippen LogP contribution in [0.5, 0.6) is 5.75 Å². The van der Waals surface area contributed by atoms with Gasteiger partial charge in [0.05, 0.1) is 6.61 Å². The summed E-state index contributed by atoms with van der Waals surface area (Å²) in [5.41, 5.74) is 12.8. The summed E-state index contributed by atoms with van der Waals surface area (Å²) < 4.78 is 69.1. The molecule has 0 bridgehead atoms. The van der Waals surface area contributed by atoms with E-state index in [1.165, 1.54) is 0 Å². The number of carbonyl (C=O) groups is 3. The molecule has 0 heterocycles. The first-order chi connectivity index (χ1) is 16.9. The highest BCUT2D eigenvalue weighted by Crippen LogP contribution is 2.14. The van der Waals surface area contributed by atoms with Crippen LogP contribution in [-0.2, 0) is 9.59 Å². The van der Waals surface area contributed by atoms with Crippen LogP contribution in [0.1, 0.15) is 22.3 Å². The van der Waals surface area contributed by atoms with Gasteiger partial charge in [-0.2, -0.15) is 26.3 Å². The first kappa shape index (κ1) is 32.5. The maximum atomic E-state index is 11.9. The quantitative estimate of drug-likeness (QED) is 0.102. The number of nitrogen functional groups attached to an aromatic ring is 2. The van der Waals surface area contributed by atoms with Crippen molar-refractivity contribution in [3.05, 3.63) is 59.7 Å². The molecule has 1 amide bonds. The number of carboxylic acid groups (broad SMARTS) is 2. The number of rotatable bonds is 7. The lowest BCUT2D eigenvalue weighted by atomic mass is 10.2. The van der Waals surface area contributed by atoms with Gasteiger partial charge >= 0.3 is 24.3 Å². The minimum atomic E-state index is -5.08. The molecule has 2 rings (SSSR count). The van der Waals surface area contributed by atoms with Gasteiger partial charge in [-0.3, -0.25) is 10.2 Å². The van der Waals surface area contributed by atoms with Gasteiger partial charge in [0.2, 0.25) is 0 Å². The molecule has 0 radical (unpaired) electrons. The second kappa shape index (κ2) is 14.8. The number of amides is 1. The summed E-state index contributed by atoms with van der Waals surface area (Å²) in [4.78, 5) is 29.7. The monoisotopic (exact) mass is 540 g/mol. The normalized spacial score (nSPS) is 10.5. The Morgan fingerprint density at radius 1 is 0.892 bits per heavy atom. The summed E-state index contributed by atoms with van der Waals surface area (Å²) >= 11 is 0. The molecule has 0 aliphatic rings. The SMILES string of the molecule is N=C(N)c1cccc(OCCCNC(=O)c2ccc(N)cc2)c1.O=C(O)C(F)(F)F.O=C(O)C(F)(F)F. The van der Waals surface area contributed by atoms with Gasteiger partial charge in [-0.25, -0.2) is 9.59 Å². The Morgan fingerprint density at radius 3 is 1.81 bits per heavy atom. The topological polar surface area (TPSA) is 189 Å². The van der Waals surface area contributed by atoms with Crippen molar-refractivity contribution in [2.75, 3.05) is 18.9 Å². The average Bonchev–Trinajstić information content (AvgIpc) is 2.79. The summed E-state index contributed by atoms with van der Waals surface area (Å²) in [6.45, 7) is 0.971. The largest absolute Gasteiger partial charge is 0.494 e. The first-order valence-electron chi connectivity index (χ1n) is 9.76. The number of amidine groups is 1. The highest BCUT2D eigenvalue weighted by atomic mass is 19.4. The van der Waals surface area contributed by atoms with Gasteiger partial charge in [-0.05, 0) is 42.8 Å². The number of anilines is 1. The number of hydrogen-bond donors (Lipinski definition) is 6. The van der Waals surface area contributed by atoms with Crippen molar-refractivity contribution >= 4 is 29.4 Å². The van der Waals surface area contributed by atoms with Crippen LogP contribution >= 0.6 is 0 Å². The van der Waals surface area contributed by atoms with Crippen LogP contribution < -0.4 is 21.5 Å². The van der Waals surface area contributed by atoms with Crippen molar-refractivity contribution in [1.82, 2.24) is 5.32 Å². The number of carboxylic acids is 2. The van der Waals surface area contributed by atoms with E-state index in [2.05, 4.69) is 5.32 Å². The van der Waals surface area contributed by atoms with Crippen LogP contribution in [0.3, 0.4) is 0 Å². The number of carbonyl (C=O) groups excluding carboxylic acids is 1. The third-order valence-electron chi connectivity index (χ3n) is 3.68.